The van der Waals surface area contributed by atoms with Gasteiger partial charge in [0.1, 0.15) is 10.6 Å². The van der Waals surface area contributed by atoms with E-state index < -0.39 is 24.5 Å². The molecule has 0 radical (unpaired) electrons. The molecule has 0 unspecified atom stereocenters. The lowest BCUT2D eigenvalue weighted by atomic mass is 9.98. The molecule has 3 aromatic carbocycles. The molecule has 7 nitrogen and oxygen atoms in total. The summed E-state index contributed by atoms with van der Waals surface area (Å²) in [6.07, 6.45) is 0. The summed E-state index contributed by atoms with van der Waals surface area (Å²) in [4.78, 5) is 51.4. The molecule has 0 atom stereocenters. The number of amides is 1. The van der Waals surface area contributed by atoms with Crippen LogP contribution in [0.1, 0.15) is 49.1 Å². The van der Waals surface area contributed by atoms with Gasteiger partial charge in [0.15, 0.2) is 12.4 Å². The van der Waals surface area contributed by atoms with Crippen molar-refractivity contribution < 1.29 is 28.7 Å². The minimum atomic E-state index is -0.824. The van der Waals surface area contributed by atoms with Crippen LogP contribution in [-0.4, -0.2) is 36.8 Å². The molecule has 0 aliphatic carbocycles. The molecule has 1 amide bonds. The van der Waals surface area contributed by atoms with Crippen LogP contribution < -0.4 is 5.32 Å². The number of benzene rings is 3. The molecule has 4 rings (SSSR count). The first-order valence-electron chi connectivity index (χ1n) is 12.0. The number of carbonyl (C=O) groups is 4. The average molecular weight is 562 g/mol. The van der Waals surface area contributed by atoms with Crippen LogP contribution in [0.3, 0.4) is 0 Å². The first-order valence-corrected chi connectivity index (χ1v) is 13.3. The normalized spacial score (nSPS) is 10.5. The second-order valence-electron chi connectivity index (χ2n) is 8.42. The Morgan fingerprint density at radius 3 is 2.18 bits per heavy atom. The molecule has 39 heavy (non-hydrogen) atoms. The highest BCUT2D eigenvalue weighted by Crippen LogP contribution is 2.39. The minimum Gasteiger partial charge on any atom is -0.462 e. The number of hydrogen-bond donors (Lipinski definition) is 1. The second-order valence-corrected chi connectivity index (χ2v) is 9.71. The lowest BCUT2D eigenvalue weighted by molar-refractivity contribution is -0.119. The fourth-order valence-electron chi connectivity index (χ4n) is 3.82. The maximum Gasteiger partial charge on any atom is 0.341 e. The van der Waals surface area contributed by atoms with Crippen molar-refractivity contribution in [3.05, 3.63) is 111 Å². The number of carbonyl (C=O) groups excluding carboxylic acids is 4. The molecule has 1 heterocycles. The van der Waals surface area contributed by atoms with E-state index in [0.29, 0.717) is 21.7 Å². The third kappa shape index (κ3) is 6.42. The zero-order valence-electron chi connectivity index (χ0n) is 21.2. The van der Waals surface area contributed by atoms with Gasteiger partial charge in [-0.2, -0.15) is 0 Å². The van der Waals surface area contributed by atoms with Crippen LogP contribution >= 0.6 is 22.9 Å². The van der Waals surface area contributed by atoms with E-state index >= 15 is 0 Å². The van der Waals surface area contributed by atoms with Crippen LogP contribution in [0.2, 0.25) is 5.02 Å². The Kier molecular flexibility index (Phi) is 8.91. The molecule has 0 fully saturated rings. The third-order valence-corrected chi connectivity index (χ3v) is 6.95. The van der Waals surface area contributed by atoms with Crippen molar-refractivity contribution in [3.8, 4) is 11.1 Å². The summed E-state index contributed by atoms with van der Waals surface area (Å²) >= 11 is 7.46. The summed E-state index contributed by atoms with van der Waals surface area (Å²) in [5, 5.41) is 4.99. The van der Waals surface area contributed by atoms with Gasteiger partial charge in [0.2, 0.25) is 0 Å². The first kappa shape index (κ1) is 27.8. The SMILES string of the molecule is CCOC(=O)c1c(-c2ccccc2Cl)csc1NC(=O)COC(=O)c1ccccc1C(=O)c1ccc(C)cc1. The quantitative estimate of drug-likeness (QED) is 0.183. The number of thiophene rings is 1. The zero-order chi connectivity index (χ0) is 27.9. The van der Waals surface area contributed by atoms with Crippen LogP contribution in [0, 0.1) is 6.92 Å². The number of halogens is 1. The van der Waals surface area contributed by atoms with Crippen LogP contribution in [0.25, 0.3) is 11.1 Å². The molecule has 0 saturated heterocycles. The van der Waals surface area contributed by atoms with E-state index in [9.17, 15) is 19.2 Å². The average Bonchev–Trinajstić information content (AvgIpc) is 3.35. The van der Waals surface area contributed by atoms with Crippen molar-refractivity contribution in [2.45, 2.75) is 13.8 Å². The van der Waals surface area contributed by atoms with Crippen LogP contribution in [0.15, 0.2) is 78.2 Å². The van der Waals surface area contributed by atoms with E-state index in [0.717, 1.165) is 16.9 Å². The number of aryl methyl sites for hydroxylation is 1. The van der Waals surface area contributed by atoms with Crippen molar-refractivity contribution in [1.82, 2.24) is 0 Å². The largest absolute Gasteiger partial charge is 0.462 e. The fourth-order valence-corrected chi connectivity index (χ4v) is 5.03. The fraction of sp³-hybridized carbons (Fsp3) is 0.133. The maximum absolute atomic E-state index is 13.0. The summed E-state index contributed by atoms with van der Waals surface area (Å²) < 4.78 is 10.4. The van der Waals surface area contributed by atoms with E-state index in [4.69, 9.17) is 21.1 Å². The summed E-state index contributed by atoms with van der Waals surface area (Å²) in [6, 6.07) is 20.3. The topological polar surface area (TPSA) is 98.8 Å². The second kappa shape index (κ2) is 12.5. The van der Waals surface area contributed by atoms with Gasteiger partial charge < -0.3 is 14.8 Å². The third-order valence-electron chi connectivity index (χ3n) is 5.73. The molecule has 0 bridgehead atoms. The lowest BCUT2D eigenvalue weighted by Gasteiger charge is -2.11. The summed E-state index contributed by atoms with van der Waals surface area (Å²) in [5.74, 6) is -2.44. The molecular weight excluding hydrogens is 538 g/mol. The van der Waals surface area contributed by atoms with E-state index in [1.165, 1.54) is 12.1 Å². The van der Waals surface area contributed by atoms with Gasteiger partial charge in [-0.15, -0.1) is 11.3 Å². The molecule has 4 aromatic rings. The Morgan fingerprint density at radius 2 is 1.49 bits per heavy atom. The molecular formula is C30H24ClNO6S. The van der Waals surface area contributed by atoms with Gasteiger partial charge in [-0.3, -0.25) is 9.59 Å². The highest BCUT2D eigenvalue weighted by Gasteiger charge is 2.25. The molecule has 0 spiro atoms. The lowest BCUT2D eigenvalue weighted by Crippen LogP contribution is -2.22. The highest BCUT2D eigenvalue weighted by molar-refractivity contribution is 7.15. The Morgan fingerprint density at radius 1 is 0.821 bits per heavy atom. The number of rotatable bonds is 9. The van der Waals surface area contributed by atoms with E-state index in [1.807, 2.05) is 19.1 Å². The monoisotopic (exact) mass is 561 g/mol. The van der Waals surface area contributed by atoms with Gasteiger partial charge in [0.05, 0.1) is 12.2 Å². The van der Waals surface area contributed by atoms with Gasteiger partial charge in [0.25, 0.3) is 5.91 Å². The van der Waals surface area contributed by atoms with E-state index in [2.05, 4.69) is 5.32 Å². The molecule has 198 valence electrons. The van der Waals surface area contributed by atoms with Crippen LogP contribution in [0.4, 0.5) is 5.00 Å². The molecule has 0 aliphatic rings. The van der Waals surface area contributed by atoms with Crippen LogP contribution in [-0.2, 0) is 14.3 Å². The smallest absolute Gasteiger partial charge is 0.341 e. The minimum absolute atomic E-state index is 0.0419. The molecule has 0 aliphatic heterocycles. The first-order chi connectivity index (χ1) is 18.8. The van der Waals surface area contributed by atoms with Gasteiger partial charge in [0, 0.05) is 32.7 Å². The Bertz CT molecular complexity index is 1540. The Hall–Kier alpha value is -4.27. The van der Waals surface area contributed by atoms with Gasteiger partial charge in [-0.05, 0) is 26.0 Å². The van der Waals surface area contributed by atoms with Gasteiger partial charge in [-0.25, -0.2) is 9.59 Å². The number of anilines is 1. The zero-order valence-corrected chi connectivity index (χ0v) is 22.7. The van der Waals surface area contributed by atoms with Gasteiger partial charge >= 0.3 is 11.9 Å². The number of nitrogens with one attached hydrogen (secondary N) is 1. The summed E-state index contributed by atoms with van der Waals surface area (Å²) in [5.41, 5.74) is 2.92. The molecule has 1 N–H and O–H groups in total. The van der Waals surface area contributed by atoms with E-state index in [1.54, 1.807) is 60.8 Å². The number of ether oxygens (including phenoxy) is 2. The molecule has 1 aromatic heterocycles. The molecule has 0 saturated carbocycles. The molecule has 9 heteroatoms. The van der Waals surface area contributed by atoms with Crippen LogP contribution in [0.5, 0.6) is 0 Å². The van der Waals surface area contributed by atoms with Crippen molar-refractivity contribution in [3.63, 3.8) is 0 Å². The number of esters is 2. The number of hydrogen-bond acceptors (Lipinski definition) is 7. The predicted octanol–water partition coefficient (Wildman–Crippen LogP) is 6.58. The maximum atomic E-state index is 13.0. The highest BCUT2D eigenvalue weighted by atomic mass is 35.5. The van der Waals surface area contributed by atoms with Crippen molar-refractivity contribution in [1.29, 1.82) is 0 Å². The van der Waals surface area contributed by atoms with Crippen molar-refractivity contribution >= 4 is 51.6 Å². The number of ketones is 1. The summed E-state index contributed by atoms with van der Waals surface area (Å²) in [7, 11) is 0. The van der Waals surface area contributed by atoms with Crippen molar-refractivity contribution in [2.24, 2.45) is 0 Å². The van der Waals surface area contributed by atoms with Crippen molar-refractivity contribution in [2.75, 3.05) is 18.5 Å². The predicted molar refractivity (Wildman–Crippen MR) is 151 cm³/mol. The van der Waals surface area contributed by atoms with Gasteiger partial charge in [-0.1, -0.05) is 77.8 Å². The standard InChI is InChI=1S/C30H24ClNO6S/c1-3-37-30(36)26-23(20-8-6-7-11-24(20)31)17-39-28(26)32-25(33)16-38-29(35)22-10-5-4-9-21(22)27(34)19-14-12-18(2)13-15-19/h4-15,17H,3,16H2,1-2H3,(H,32,33). The summed E-state index contributed by atoms with van der Waals surface area (Å²) in [6.45, 7) is 3.10. The Balaban J connectivity index is 1.50. The Labute approximate surface area is 234 Å². The van der Waals surface area contributed by atoms with E-state index in [-0.39, 0.29) is 34.1 Å².